The lowest BCUT2D eigenvalue weighted by Crippen LogP contribution is -2.15. The van der Waals surface area contributed by atoms with Gasteiger partial charge in [0.15, 0.2) is 16.6 Å². The quantitative estimate of drug-likeness (QED) is 0.665. The standard InChI is InChI=1S/C20H20N2O3S/c1-14-7-9-15(10-8-14)16-13-26-20(21-16)22-19(23)11-12-25-18-6-4-3-5-17(18)24-2/h3-10,13H,11-12H2,1-2H3,(H,21,22,23). The summed E-state index contributed by atoms with van der Waals surface area (Å²) in [5, 5.41) is 5.34. The van der Waals surface area contributed by atoms with Crippen LogP contribution >= 0.6 is 11.3 Å². The van der Waals surface area contributed by atoms with Crippen LogP contribution in [0.3, 0.4) is 0 Å². The summed E-state index contributed by atoms with van der Waals surface area (Å²) in [4.78, 5) is 16.6. The molecule has 1 aromatic heterocycles. The van der Waals surface area contributed by atoms with E-state index in [9.17, 15) is 4.79 Å². The molecular formula is C20H20N2O3S. The number of ether oxygens (including phenoxy) is 2. The number of benzene rings is 2. The summed E-state index contributed by atoms with van der Waals surface area (Å²) in [7, 11) is 1.59. The Morgan fingerprint density at radius 1 is 1.12 bits per heavy atom. The highest BCUT2D eigenvalue weighted by Crippen LogP contribution is 2.26. The smallest absolute Gasteiger partial charge is 0.229 e. The predicted molar refractivity (Wildman–Crippen MR) is 104 cm³/mol. The maximum atomic E-state index is 12.1. The number of hydrogen-bond acceptors (Lipinski definition) is 5. The van der Waals surface area contributed by atoms with Crippen LogP contribution in [0.4, 0.5) is 5.13 Å². The van der Waals surface area contributed by atoms with Crippen molar-refractivity contribution in [2.75, 3.05) is 19.0 Å². The van der Waals surface area contributed by atoms with Crippen LogP contribution in [0, 0.1) is 6.92 Å². The molecule has 3 rings (SSSR count). The monoisotopic (exact) mass is 368 g/mol. The highest BCUT2D eigenvalue weighted by molar-refractivity contribution is 7.14. The Kier molecular flexibility index (Phi) is 5.86. The Labute approximate surface area is 156 Å². The Morgan fingerprint density at radius 3 is 2.58 bits per heavy atom. The van der Waals surface area contributed by atoms with E-state index in [-0.39, 0.29) is 18.9 Å². The van der Waals surface area contributed by atoms with Crippen molar-refractivity contribution in [1.29, 1.82) is 0 Å². The van der Waals surface area contributed by atoms with E-state index in [0.29, 0.717) is 16.6 Å². The summed E-state index contributed by atoms with van der Waals surface area (Å²) < 4.78 is 10.8. The van der Waals surface area contributed by atoms with Crippen molar-refractivity contribution < 1.29 is 14.3 Å². The second-order valence-corrected chi connectivity index (χ2v) is 6.56. The molecule has 0 saturated carbocycles. The van der Waals surface area contributed by atoms with E-state index in [0.717, 1.165) is 11.3 Å². The Balaban J connectivity index is 1.51. The lowest BCUT2D eigenvalue weighted by atomic mass is 10.1. The maximum Gasteiger partial charge on any atom is 0.229 e. The van der Waals surface area contributed by atoms with Crippen molar-refractivity contribution in [3.63, 3.8) is 0 Å². The molecule has 134 valence electrons. The normalized spacial score (nSPS) is 10.4. The molecular weight excluding hydrogens is 348 g/mol. The van der Waals surface area contributed by atoms with Crippen LogP contribution in [-0.2, 0) is 4.79 Å². The van der Waals surface area contributed by atoms with E-state index in [4.69, 9.17) is 9.47 Å². The van der Waals surface area contributed by atoms with Crippen molar-refractivity contribution >= 4 is 22.4 Å². The molecule has 0 atom stereocenters. The number of aryl methyl sites for hydroxylation is 1. The molecule has 2 aromatic carbocycles. The van der Waals surface area contributed by atoms with Gasteiger partial charge in [-0.3, -0.25) is 4.79 Å². The fourth-order valence-corrected chi connectivity index (χ4v) is 3.10. The van der Waals surface area contributed by atoms with Gasteiger partial charge in [-0.05, 0) is 19.1 Å². The van der Waals surface area contributed by atoms with E-state index >= 15 is 0 Å². The average molecular weight is 368 g/mol. The first-order chi connectivity index (χ1) is 12.7. The summed E-state index contributed by atoms with van der Waals surface area (Å²) >= 11 is 1.41. The summed E-state index contributed by atoms with van der Waals surface area (Å²) in [6, 6.07) is 15.5. The zero-order chi connectivity index (χ0) is 18.4. The van der Waals surface area contributed by atoms with Gasteiger partial charge < -0.3 is 14.8 Å². The molecule has 0 aliphatic rings. The molecule has 0 aliphatic carbocycles. The Hall–Kier alpha value is -2.86. The summed E-state index contributed by atoms with van der Waals surface area (Å²) in [5.74, 6) is 1.14. The first kappa shape index (κ1) is 17.9. The van der Waals surface area contributed by atoms with Crippen LogP contribution < -0.4 is 14.8 Å². The van der Waals surface area contributed by atoms with E-state index in [1.54, 1.807) is 7.11 Å². The van der Waals surface area contributed by atoms with E-state index in [1.807, 2.05) is 60.8 Å². The summed E-state index contributed by atoms with van der Waals surface area (Å²) in [6.07, 6.45) is 0.234. The van der Waals surface area contributed by atoms with Gasteiger partial charge >= 0.3 is 0 Å². The van der Waals surface area contributed by atoms with Crippen molar-refractivity contribution in [2.24, 2.45) is 0 Å². The predicted octanol–water partition coefficient (Wildman–Crippen LogP) is 4.53. The maximum absolute atomic E-state index is 12.1. The molecule has 3 aromatic rings. The largest absolute Gasteiger partial charge is 0.493 e. The van der Waals surface area contributed by atoms with Gasteiger partial charge in [0.05, 0.1) is 25.8 Å². The lowest BCUT2D eigenvalue weighted by molar-refractivity contribution is -0.116. The van der Waals surface area contributed by atoms with Gasteiger partial charge in [0.25, 0.3) is 0 Å². The third kappa shape index (κ3) is 4.61. The number of carbonyl (C=O) groups is 1. The molecule has 1 amide bonds. The molecule has 0 unspecified atom stereocenters. The molecule has 5 nitrogen and oxygen atoms in total. The van der Waals surface area contributed by atoms with Gasteiger partial charge in [-0.1, -0.05) is 42.0 Å². The van der Waals surface area contributed by atoms with E-state index < -0.39 is 0 Å². The molecule has 0 fully saturated rings. The van der Waals surface area contributed by atoms with Gasteiger partial charge in [0.1, 0.15) is 0 Å². The minimum atomic E-state index is -0.135. The van der Waals surface area contributed by atoms with Gasteiger partial charge in [0, 0.05) is 10.9 Å². The van der Waals surface area contributed by atoms with Crippen LogP contribution in [-0.4, -0.2) is 24.6 Å². The minimum absolute atomic E-state index is 0.135. The van der Waals surface area contributed by atoms with Crippen LogP contribution in [0.2, 0.25) is 0 Å². The van der Waals surface area contributed by atoms with Crippen molar-refractivity contribution in [2.45, 2.75) is 13.3 Å². The molecule has 0 aliphatic heterocycles. The van der Waals surface area contributed by atoms with Crippen LogP contribution in [0.15, 0.2) is 53.9 Å². The molecule has 0 bridgehead atoms. The summed E-state index contributed by atoms with van der Waals surface area (Å²) in [5.41, 5.74) is 3.09. The second kappa shape index (κ2) is 8.49. The highest BCUT2D eigenvalue weighted by atomic mass is 32.1. The van der Waals surface area contributed by atoms with Crippen molar-refractivity contribution in [3.8, 4) is 22.8 Å². The number of thiazole rings is 1. The number of hydrogen-bond donors (Lipinski definition) is 1. The first-order valence-electron chi connectivity index (χ1n) is 8.24. The van der Waals surface area contributed by atoms with Gasteiger partial charge in [-0.25, -0.2) is 4.98 Å². The number of aromatic nitrogens is 1. The number of para-hydroxylation sites is 2. The average Bonchev–Trinajstić information content (AvgIpc) is 3.11. The molecule has 1 N–H and O–H groups in total. The number of nitrogens with zero attached hydrogens (tertiary/aromatic N) is 1. The number of rotatable bonds is 7. The molecule has 26 heavy (non-hydrogen) atoms. The molecule has 0 spiro atoms. The van der Waals surface area contributed by atoms with Gasteiger partial charge in [-0.2, -0.15) is 0 Å². The van der Waals surface area contributed by atoms with Gasteiger partial charge in [0.2, 0.25) is 5.91 Å². The molecule has 6 heteroatoms. The topological polar surface area (TPSA) is 60.5 Å². The van der Waals surface area contributed by atoms with E-state index in [2.05, 4.69) is 10.3 Å². The first-order valence-corrected chi connectivity index (χ1v) is 9.12. The number of amides is 1. The lowest BCUT2D eigenvalue weighted by Gasteiger charge is -2.09. The zero-order valence-corrected chi connectivity index (χ0v) is 15.5. The zero-order valence-electron chi connectivity index (χ0n) is 14.7. The highest BCUT2D eigenvalue weighted by Gasteiger charge is 2.09. The molecule has 0 radical (unpaired) electrons. The third-order valence-corrected chi connectivity index (χ3v) is 4.51. The fraction of sp³-hybridized carbons (Fsp3) is 0.200. The van der Waals surface area contributed by atoms with Crippen LogP contribution in [0.1, 0.15) is 12.0 Å². The van der Waals surface area contributed by atoms with E-state index in [1.165, 1.54) is 16.9 Å². The van der Waals surface area contributed by atoms with Crippen molar-refractivity contribution in [3.05, 3.63) is 59.5 Å². The van der Waals surface area contributed by atoms with Crippen molar-refractivity contribution in [1.82, 2.24) is 4.98 Å². The number of carbonyl (C=O) groups excluding carboxylic acids is 1. The van der Waals surface area contributed by atoms with Crippen LogP contribution in [0.5, 0.6) is 11.5 Å². The third-order valence-electron chi connectivity index (χ3n) is 3.75. The Morgan fingerprint density at radius 2 is 1.85 bits per heavy atom. The second-order valence-electron chi connectivity index (χ2n) is 5.70. The molecule has 1 heterocycles. The Bertz CT molecular complexity index is 875. The molecule has 0 saturated heterocycles. The van der Waals surface area contributed by atoms with Crippen LogP contribution in [0.25, 0.3) is 11.3 Å². The summed E-state index contributed by atoms with van der Waals surface area (Å²) in [6.45, 7) is 2.31. The van der Waals surface area contributed by atoms with Gasteiger partial charge in [-0.15, -0.1) is 11.3 Å². The number of nitrogens with one attached hydrogen (secondary N) is 1. The fourth-order valence-electron chi connectivity index (χ4n) is 2.36. The number of anilines is 1. The number of methoxy groups -OCH3 is 1. The minimum Gasteiger partial charge on any atom is -0.493 e. The SMILES string of the molecule is COc1ccccc1OCCC(=O)Nc1nc(-c2ccc(C)cc2)cs1.